The SMILES string of the molecule is CC(C)NC(=O)CN1CCN(CC(=O)NC(C)c2ccccc2)CC1. The molecule has 6 heteroatoms. The highest BCUT2D eigenvalue weighted by atomic mass is 16.2. The predicted octanol–water partition coefficient (Wildman–Crippen LogP) is 1.01. The van der Waals surface area contributed by atoms with Gasteiger partial charge in [0, 0.05) is 32.2 Å². The van der Waals surface area contributed by atoms with Gasteiger partial charge in [-0.15, -0.1) is 0 Å². The molecule has 25 heavy (non-hydrogen) atoms. The number of amides is 2. The Morgan fingerprint density at radius 2 is 1.36 bits per heavy atom. The maximum absolute atomic E-state index is 12.2. The first-order valence-electron chi connectivity index (χ1n) is 9.02. The molecule has 1 saturated heterocycles. The monoisotopic (exact) mass is 346 g/mol. The zero-order valence-corrected chi connectivity index (χ0v) is 15.5. The number of carbonyl (C=O) groups is 2. The smallest absolute Gasteiger partial charge is 0.234 e. The second-order valence-corrected chi connectivity index (χ2v) is 6.97. The molecule has 0 bridgehead atoms. The summed E-state index contributed by atoms with van der Waals surface area (Å²) in [5, 5.41) is 5.96. The summed E-state index contributed by atoms with van der Waals surface area (Å²) >= 11 is 0. The van der Waals surface area contributed by atoms with Gasteiger partial charge in [0.1, 0.15) is 0 Å². The molecule has 0 aromatic heterocycles. The maximum atomic E-state index is 12.2. The van der Waals surface area contributed by atoms with Crippen molar-refractivity contribution in [3.63, 3.8) is 0 Å². The minimum absolute atomic E-state index is 0.00900. The van der Waals surface area contributed by atoms with E-state index >= 15 is 0 Å². The Bertz CT molecular complexity index is 554. The van der Waals surface area contributed by atoms with Crippen molar-refractivity contribution in [3.05, 3.63) is 35.9 Å². The summed E-state index contributed by atoms with van der Waals surface area (Å²) in [6.07, 6.45) is 0. The zero-order chi connectivity index (χ0) is 18.2. The number of piperazine rings is 1. The molecule has 1 atom stereocenters. The maximum Gasteiger partial charge on any atom is 0.234 e. The standard InChI is InChI=1S/C19H30N4O2/c1-15(2)20-18(24)13-22-9-11-23(12-10-22)14-19(25)21-16(3)17-7-5-4-6-8-17/h4-8,15-16H,9-14H2,1-3H3,(H,20,24)(H,21,25). The van der Waals surface area contributed by atoms with Crippen molar-refractivity contribution in [2.75, 3.05) is 39.3 Å². The lowest BCUT2D eigenvalue weighted by atomic mass is 10.1. The van der Waals surface area contributed by atoms with Gasteiger partial charge in [0.25, 0.3) is 0 Å². The molecule has 1 aromatic carbocycles. The number of nitrogens with zero attached hydrogens (tertiary/aromatic N) is 2. The molecule has 2 rings (SSSR count). The largest absolute Gasteiger partial charge is 0.353 e. The van der Waals surface area contributed by atoms with Crippen molar-refractivity contribution in [1.29, 1.82) is 0 Å². The highest BCUT2D eigenvalue weighted by Crippen LogP contribution is 2.11. The summed E-state index contributed by atoms with van der Waals surface area (Å²) in [4.78, 5) is 28.3. The van der Waals surface area contributed by atoms with Gasteiger partial charge >= 0.3 is 0 Å². The van der Waals surface area contributed by atoms with Gasteiger partial charge in [0.05, 0.1) is 19.1 Å². The average molecular weight is 346 g/mol. The minimum atomic E-state index is 0.00900. The summed E-state index contributed by atoms with van der Waals surface area (Å²) < 4.78 is 0. The Hall–Kier alpha value is -1.92. The first kappa shape index (κ1) is 19.4. The van der Waals surface area contributed by atoms with E-state index in [1.165, 1.54) is 0 Å². The van der Waals surface area contributed by atoms with Gasteiger partial charge in [-0.25, -0.2) is 0 Å². The molecular formula is C19H30N4O2. The molecule has 0 aliphatic carbocycles. The molecule has 1 unspecified atom stereocenters. The normalized spacial score (nSPS) is 17.3. The molecule has 1 aliphatic rings. The summed E-state index contributed by atoms with van der Waals surface area (Å²) in [6.45, 7) is 10.0. The summed E-state index contributed by atoms with van der Waals surface area (Å²) in [6, 6.07) is 10.1. The van der Waals surface area contributed by atoms with E-state index in [-0.39, 0.29) is 23.9 Å². The Kier molecular flexibility index (Phi) is 7.40. The van der Waals surface area contributed by atoms with Crippen LogP contribution in [0.4, 0.5) is 0 Å². The molecule has 1 aliphatic heterocycles. The van der Waals surface area contributed by atoms with Crippen LogP contribution >= 0.6 is 0 Å². The van der Waals surface area contributed by atoms with Crippen LogP contribution < -0.4 is 10.6 Å². The Labute approximate surface area is 150 Å². The molecular weight excluding hydrogens is 316 g/mol. The first-order valence-corrected chi connectivity index (χ1v) is 9.02. The van der Waals surface area contributed by atoms with Crippen LogP contribution in [0.1, 0.15) is 32.4 Å². The van der Waals surface area contributed by atoms with Gasteiger partial charge in [-0.3, -0.25) is 19.4 Å². The van der Waals surface area contributed by atoms with Crippen molar-refractivity contribution >= 4 is 11.8 Å². The second-order valence-electron chi connectivity index (χ2n) is 6.97. The molecule has 0 spiro atoms. The Morgan fingerprint density at radius 1 is 0.880 bits per heavy atom. The lowest BCUT2D eigenvalue weighted by molar-refractivity contribution is -0.125. The van der Waals surface area contributed by atoms with Crippen LogP contribution in [0.15, 0.2) is 30.3 Å². The third kappa shape index (κ3) is 6.84. The van der Waals surface area contributed by atoms with Crippen LogP contribution in [0.3, 0.4) is 0 Å². The molecule has 0 radical (unpaired) electrons. The molecule has 0 saturated carbocycles. The molecule has 1 aromatic rings. The Balaban J connectivity index is 1.69. The fourth-order valence-corrected chi connectivity index (χ4v) is 2.99. The van der Waals surface area contributed by atoms with Gasteiger partial charge in [-0.05, 0) is 26.3 Å². The lowest BCUT2D eigenvalue weighted by Crippen LogP contribution is -2.52. The van der Waals surface area contributed by atoms with E-state index in [0.29, 0.717) is 13.1 Å². The van der Waals surface area contributed by atoms with Crippen LogP contribution in [0.5, 0.6) is 0 Å². The molecule has 1 fully saturated rings. The summed E-state index contributed by atoms with van der Waals surface area (Å²) in [7, 11) is 0. The molecule has 2 N–H and O–H groups in total. The van der Waals surface area contributed by atoms with E-state index in [1.807, 2.05) is 51.1 Å². The molecule has 6 nitrogen and oxygen atoms in total. The van der Waals surface area contributed by atoms with Crippen molar-refractivity contribution in [2.45, 2.75) is 32.9 Å². The van der Waals surface area contributed by atoms with Crippen molar-refractivity contribution < 1.29 is 9.59 Å². The highest BCUT2D eigenvalue weighted by molar-refractivity contribution is 5.79. The van der Waals surface area contributed by atoms with Gasteiger partial charge in [0.2, 0.25) is 11.8 Å². The third-order valence-corrected chi connectivity index (χ3v) is 4.33. The van der Waals surface area contributed by atoms with E-state index in [0.717, 1.165) is 31.7 Å². The average Bonchev–Trinajstić information content (AvgIpc) is 2.56. The van der Waals surface area contributed by atoms with E-state index in [4.69, 9.17) is 0 Å². The molecule has 1 heterocycles. The number of nitrogens with one attached hydrogen (secondary N) is 2. The van der Waals surface area contributed by atoms with Crippen molar-refractivity contribution in [3.8, 4) is 0 Å². The summed E-state index contributed by atoms with van der Waals surface area (Å²) in [5.74, 6) is 0.111. The van der Waals surface area contributed by atoms with Crippen LogP contribution in [0.2, 0.25) is 0 Å². The number of carbonyl (C=O) groups excluding carboxylic acids is 2. The van der Waals surface area contributed by atoms with Gasteiger partial charge in [-0.1, -0.05) is 30.3 Å². The quantitative estimate of drug-likeness (QED) is 0.773. The van der Waals surface area contributed by atoms with Gasteiger partial charge < -0.3 is 10.6 Å². The number of hydrogen-bond acceptors (Lipinski definition) is 4. The van der Waals surface area contributed by atoms with Crippen molar-refractivity contribution in [2.24, 2.45) is 0 Å². The molecule has 138 valence electrons. The van der Waals surface area contributed by atoms with E-state index in [2.05, 4.69) is 20.4 Å². The highest BCUT2D eigenvalue weighted by Gasteiger charge is 2.21. The van der Waals surface area contributed by atoms with Crippen LogP contribution in [0.25, 0.3) is 0 Å². The second kappa shape index (κ2) is 9.53. The van der Waals surface area contributed by atoms with Crippen LogP contribution in [-0.2, 0) is 9.59 Å². The van der Waals surface area contributed by atoms with Gasteiger partial charge in [-0.2, -0.15) is 0 Å². The lowest BCUT2D eigenvalue weighted by Gasteiger charge is -2.34. The Morgan fingerprint density at radius 3 is 1.84 bits per heavy atom. The summed E-state index contributed by atoms with van der Waals surface area (Å²) in [5.41, 5.74) is 1.11. The van der Waals surface area contributed by atoms with E-state index in [9.17, 15) is 9.59 Å². The number of rotatable bonds is 7. The third-order valence-electron chi connectivity index (χ3n) is 4.33. The van der Waals surface area contributed by atoms with Crippen LogP contribution in [-0.4, -0.2) is 66.9 Å². The minimum Gasteiger partial charge on any atom is -0.353 e. The first-order chi connectivity index (χ1) is 11.9. The van der Waals surface area contributed by atoms with Gasteiger partial charge in [0.15, 0.2) is 0 Å². The molecule has 2 amide bonds. The van der Waals surface area contributed by atoms with E-state index < -0.39 is 0 Å². The van der Waals surface area contributed by atoms with Crippen molar-refractivity contribution in [1.82, 2.24) is 20.4 Å². The van der Waals surface area contributed by atoms with Crippen LogP contribution in [0, 0.1) is 0 Å². The topological polar surface area (TPSA) is 64.7 Å². The number of hydrogen-bond donors (Lipinski definition) is 2. The fraction of sp³-hybridized carbons (Fsp3) is 0.579. The predicted molar refractivity (Wildman–Crippen MR) is 99.2 cm³/mol. The fourth-order valence-electron chi connectivity index (χ4n) is 2.99. The van der Waals surface area contributed by atoms with E-state index in [1.54, 1.807) is 0 Å². The zero-order valence-electron chi connectivity index (χ0n) is 15.5. The number of benzene rings is 1.